The van der Waals surface area contributed by atoms with Crippen LogP contribution in [0, 0.1) is 5.92 Å². The van der Waals surface area contributed by atoms with Crippen LogP contribution in [0.25, 0.3) is 5.52 Å². The van der Waals surface area contributed by atoms with Gasteiger partial charge in [-0.05, 0) is 37.1 Å². The van der Waals surface area contributed by atoms with Gasteiger partial charge >= 0.3 is 12.1 Å². The first-order valence-electron chi connectivity index (χ1n) is 12.8. The molecule has 1 fully saturated rings. The van der Waals surface area contributed by atoms with Crippen LogP contribution in [0.1, 0.15) is 44.1 Å². The average molecular weight is 535 g/mol. The number of anilines is 1. The Morgan fingerprint density at radius 1 is 1.13 bits per heavy atom. The molecule has 0 bridgehead atoms. The lowest BCUT2D eigenvalue weighted by molar-refractivity contribution is -0.146. The number of carbonyl (C=O) groups excluding carboxylic acids is 2. The molecule has 2 aliphatic rings. The van der Waals surface area contributed by atoms with E-state index >= 15 is 0 Å². The summed E-state index contributed by atoms with van der Waals surface area (Å²) in [5.41, 5.74) is 2.30. The highest BCUT2D eigenvalue weighted by Crippen LogP contribution is 2.34. The fraction of sp³-hybridized carbons (Fsp3) is 0.357. The summed E-state index contributed by atoms with van der Waals surface area (Å²) in [5.74, 6) is 1.18. The van der Waals surface area contributed by atoms with Gasteiger partial charge in [0.05, 0.1) is 18.2 Å². The van der Waals surface area contributed by atoms with Crippen molar-refractivity contribution >= 4 is 23.4 Å². The predicted molar refractivity (Wildman–Crippen MR) is 139 cm³/mol. The van der Waals surface area contributed by atoms with Crippen LogP contribution in [0.5, 0.6) is 0 Å². The van der Waals surface area contributed by atoms with Crippen LogP contribution in [0.2, 0.25) is 0 Å². The average Bonchev–Trinajstić information content (AvgIpc) is 3.65. The minimum atomic E-state index is -0.704. The van der Waals surface area contributed by atoms with Crippen LogP contribution >= 0.6 is 0 Å². The largest absolute Gasteiger partial charge is 0.463 e. The Labute approximate surface area is 225 Å². The van der Waals surface area contributed by atoms with Gasteiger partial charge in [-0.3, -0.25) is 10.1 Å². The van der Waals surface area contributed by atoms with Crippen LogP contribution < -0.4 is 5.32 Å². The van der Waals surface area contributed by atoms with E-state index in [1.165, 1.54) is 6.33 Å². The summed E-state index contributed by atoms with van der Waals surface area (Å²) >= 11 is 0. The van der Waals surface area contributed by atoms with E-state index in [-0.39, 0.29) is 55.5 Å². The lowest BCUT2D eigenvalue weighted by atomic mass is 10.1. The highest BCUT2D eigenvalue weighted by Gasteiger charge is 2.30. The van der Waals surface area contributed by atoms with Gasteiger partial charge in [-0.25, -0.2) is 14.3 Å². The summed E-state index contributed by atoms with van der Waals surface area (Å²) in [5, 5.41) is 7.00. The topological polar surface area (TPSA) is 123 Å². The van der Waals surface area contributed by atoms with Crippen LogP contribution in [0.3, 0.4) is 0 Å². The van der Waals surface area contributed by atoms with Crippen molar-refractivity contribution in [2.45, 2.75) is 45.3 Å². The van der Waals surface area contributed by atoms with E-state index in [0.717, 1.165) is 24.1 Å². The maximum Gasteiger partial charge on any atom is 0.413 e. The van der Waals surface area contributed by atoms with Crippen molar-refractivity contribution in [2.24, 2.45) is 5.92 Å². The Balaban J connectivity index is 1.16. The van der Waals surface area contributed by atoms with Gasteiger partial charge in [0, 0.05) is 5.92 Å². The first-order chi connectivity index (χ1) is 18.9. The van der Waals surface area contributed by atoms with Gasteiger partial charge in [-0.1, -0.05) is 44.2 Å². The van der Waals surface area contributed by atoms with E-state index in [1.807, 2.05) is 50.2 Å². The molecule has 4 heterocycles. The molecule has 11 heteroatoms. The summed E-state index contributed by atoms with van der Waals surface area (Å²) in [7, 11) is 0. The second kappa shape index (κ2) is 11.6. The van der Waals surface area contributed by atoms with Crippen LogP contribution in [0.15, 0.2) is 72.8 Å². The number of hydrogen-bond donors (Lipinski definition) is 1. The van der Waals surface area contributed by atoms with Gasteiger partial charge in [-0.2, -0.15) is 5.10 Å². The Bertz CT molecular complexity index is 1400. The number of esters is 1. The molecule has 1 aromatic carbocycles. The van der Waals surface area contributed by atoms with Crippen molar-refractivity contribution in [1.82, 2.24) is 14.6 Å². The highest BCUT2D eigenvalue weighted by molar-refractivity contribution is 5.88. The van der Waals surface area contributed by atoms with E-state index < -0.39 is 6.09 Å². The molecule has 1 N–H and O–H groups in total. The molecule has 2 aliphatic heterocycles. The minimum absolute atomic E-state index is 0.0466. The van der Waals surface area contributed by atoms with Gasteiger partial charge in [0.25, 0.3) is 5.95 Å². The molecule has 0 spiro atoms. The van der Waals surface area contributed by atoms with E-state index in [0.29, 0.717) is 17.0 Å². The van der Waals surface area contributed by atoms with Gasteiger partial charge in [0.15, 0.2) is 23.9 Å². The van der Waals surface area contributed by atoms with E-state index in [2.05, 4.69) is 22.0 Å². The number of nitrogens with one attached hydrogen (secondary N) is 1. The molecular formula is C28H30N4O7. The number of amides is 1. The van der Waals surface area contributed by atoms with E-state index in [9.17, 15) is 9.59 Å². The van der Waals surface area contributed by atoms with Crippen LogP contribution in [-0.2, 0) is 34.9 Å². The van der Waals surface area contributed by atoms with E-state index in [4.69, 9.17) is 23.7 Å². The third-order valence-electron chi connectivity index (χ3n) is 6.36. The molecule has 204 valence electrons. The lowest BCUT2D eigenvalue weighted by Crippen LogP contribution is -2.20. The van der Waals surface area contributed by atoms with Crippen molar-refractivity contribution in [3.8, 4) is 0 Å². The Hall–Kier alpha value is -4.38. The molecule has 11 nitrogen and oxygen atoms in total. The summed E-state index contributed by atoms with van der Waals surface area (Å²) in [6.07, 6.45) is 1.90. The number of carbonyl (C=O) groups is 2. The van der Waals surface area contributed by atoms with Crippen LogP contribution in [0.4, 0.5) is 10.6 Å². The maximum atomic E-state index is 12.5. The van der Waals surface area contributed by atoms with Gasteiger partial charge in [0.2, 0.25) is 0 Å². The first-order valence-corrected chi connectivity index (χ1v) is 12.8. The second-order valence-electron chi connectivity index (χ2n) is 9.55. The monoisotopic (exact) mass is 534 g/mol. The quantitative estimate of drug-likeness (QED) is 0.390. The number of fused-ring (bicyclic) bond motifs is 1. The number of allylic oxidation sites excluding steroid dienone is 1. The molecule has 0 saturated carbocycles. The zero-order valence-corrected chi connectivity index (χ0v) is 21.8. The number of nitrogens with zero attached hydrogens (tertiary/aromatic N) is 3. The minimum Gasteiger partial charge on any atom is -0.463 e. The molecule has 39 heavy (non-hydrogen) atoms. The Morgan fingerprint density at radius 2 is 1.95 bits per heavy atom. The van der Waals surface area contributed by atoms with Crippen LogP contribution in [-0.4, -0.2) is 46.0 Å². The Kier molecular flexibility index (Phi) is 7.78. The predicted octanol–water partition coefficient (Wildman–Crippen LogP) is 4.67. The van der Waals surface area contributed by atoms with E-state index in [1.54, 1.807) is 10.6 Å². The third kappa shape index (κ3) is 6.20. The lowest BCUT2D eigenvalue weighted by Gasteiger charge is -2.14. The zero-order valence-electron chi connectivity index (χ0n) is 21.8. The van der Waals surface area contributed by atoms with Crippen molar-refractivity contribution in [1.29, 1.82) is 0 Å². The number of benzene rings is 1. The molecule has 1 saturated heterocycles. The Morgan fingerprint density at radius 3 is 2.74 bits per heavy atom. The first kappa shape index (κ1) is 26.2. The number of hydrogen-bond acceptors (Lipinski definition) is 9. The summed E-state index contributed by atoms with van der Waals surface area (Å²) in [4.78, 5) is 28.9. The van der Waals surface area contributed by atoms with Crippen molar-refractivity contribution in [3.63, 3.8) is 0 Å². The molecule has 0 aliphatic carbocycles. The molecule has 5 rings (SSSR count). The summed E-state index contributed by atoms with van der Waals surface area (Å²) in [6, 6.07) is 13.2. The number of aromatic nitrogens is 3. The fourth-order valence-electron chi connectivity index (χ4n) is 4.53. The smallest absolute Gasteiger partial charge is 0.413 e. The molecule has 2 unspecified atom stereocenters. The number of rotatable bonds is 9. The third-order valence-corrected chi connectivity index (χ3v) is 6.36. The second-order valence-corrected chi connectivity index (χ2v) is 9.55. The van der Waals surface area contributed by atoms with Crippen molar-refractivity contribution in [3.05, 3.63) is 84.1 Å². The molecule has 1 amide bonds. The normalized spacial score (nSPS) is 18.8. The number of ether oxygens (including phenoxy) is 5. The SMILES string of the molecule is C=C1OC(COC(=O)Nc2ncnn3c(C4CCC(COC(=O)Cc5ccccc5)O4)ccc23)=C(C(C)C)O1. The van der Waals surface area contributed by atoms with Crippen molar-refractivity contribution in [2.75, 3.05) is 18.5 Å². The molecule has 2 atom stereocenters. The summed E-state index contributed by atoms with van der Waals surface area (Å²) < 4.78 is 29.5. The maximum absolute atomic E-state index is 12.5. The van der Waals surface area contributed by atoms with Gasteiger partial charge < -0.3 is 23.7 Å². The molecule has 0 radical (unpaired) electrons. The highest BCUT2D eigenvalue weighted by atomic mass is 16.7. The zero-order chi connectivity index (χ0) is 27.4. The van der Waals surface area contributed by atoms with Crippen molar-refractivity contribution < 1.29 is 33.3 Å². The standard InChI is InChI=1S/C28H30N4O7/c1-17(2)26-24(37-18(3)38-26)15-36-28(34)31-27-22-11-10-21(32(22)30-16-29-27)23-12-9-20(39-23)14-35-25(33)13-19-7-5-4-6-8-19/h4-8,10-11,16-17,20,23H,3,9,12-15H2,1-2H3,(H,29,30,31,34). The molecule has 3 aromatic rings. The fourth-order valence-corrected chi connectivity index (χ4v) is 4.53. The van der Waals surface area contributed by atoms with Gasteiger partial charge in [0.1, 0.15) is 24.6 Å². The van der Waals surface area contributed by atoms with Gasteiger partial charge in [-0.15, -0.1) is 0 Å². The summed E-state index contributed by atoms with van der Waals surface area (Å²) in [6.45, 7) is 7.60. The molecular weight excluding hydrogens is 504 g/mol. The molecule has 2 aromatic heterocycles.